The summed E-state index contributed by atoms with van der Waals surface area (Å²) in [7, 11) is 0. The van der Waals surface area contributed by atoms with Gasteiger partial charge in [0.15, 0.2) is 0 Å². The first-order valence-corrected chi connectivity index (χ1v) is 12.8. The van der Waals surface area contributed by atoms with Crippen LogP contribution in [0.15, 0.2) is 48.5 Å². The predicted molar refractivity (Wildman–Crippen MR) is 146 cm³/mol. The second kappa shape index (κ2) is 17.8. The second-order valence-electron chi connectivity index (χ2n) is 9.30. The quantitative estimate of drug-likeness (QED) is 0.404. The van der Waals surface area contributed by atoms with E-state index in [0.29, 0.717) is 43.7 Å². The van der Waals surface area contributed by atoms with Crippen LogP contribution < -0.4 is 10.6 Å². The molecule has 2 amide bonds. The molecule has 0 heterocycles. The molecule has 0 atom stereocenters. The molecule has 0 spiro atoms. The van der Waals surface area contributed by atoms with E-state index < -0.39 is 0 Å². The van der Waals surface area contributed by atoms with Crippen LogP contribution in [0.2, 0.25) is 0 Å². The summed E-state index contributed by atoms with van der Waals surface area (Å²) in [5.74, 6) is 1.76. The van der Waals surface area contributed by atoms with E-state index in [9.17, 15) is 9.59 Å². The maximum absolute atomic E-state index is 11.5. The van der Waals surface area contributed by atoms with Crippen molar-refractivity contribution in [2.75, 3.05) is 0 Å². The van der Waals surface area contributed by atoms with Gasteiger partial charge in [-0.3, -0.25) is 9.59 Å². The van der Waals surface area contributed by atoms with Crippen molar-refractivity contribution in [3.05, 3.63) is 70.8 Å². The van der Waals surface area contributed by atoms with E-state index in [2.05, 4.69) is 101 Å². The summed E-state index contributed by atoms with van der Waals surface area (Å²) in [5.41, 5.74) is 4.98. The lowest BCUT2D eigenvalue weighted by atomic mass is 10.0. The number of rotatable bonds is 9. The summed E-state index contributed by atoms with van der Waals surface area (Å²) < 4.78 is 0. The number of benzene rings is 2. The van der Waals surface area contributed by atoms with E-state index in [-0.39, 0.29) is 11.8 Å². The minimum atomic E-state index is 0.0999. The van der Waals surface area contributed by atoms with Gasteiger partial charge in [-0.05, 0) is 40.0 Å². The van der Waals surface area contributed by atoms with E-state index in [1.165, 1.54) is 11.1 Å². The van der Waals surface area contributed by atoms with Crippen molar-refractivity contribution in [2.45, 2.75) is 100 Å². The number of hydrogen-bond acceptors (Lipinski definition) is 2. The fourth-order valence-corrected chi connectivity index (χ4v) is 3.01. The highest BCUT2D eigenvalue weighted by molar-refractivity contribution is 5.76. The maximum atomic E-state index is 11.5. The standard InChI is InChI=1S/C15H23NO.C13H19NO.C2H6/c1-11(2)9-15(17)16-10-13-5-7-14(8-6-13)12(3)4;1-4-13(15)14-9-11-5-7-12(8-6-11)10(2)3;1-2/h5-8,11-12H,9-10H2,1-4H3,(H,16,17);5-8,10H,4,9H2,1-3H3,(H,14,15);1-2H3. The molecule has 0 aliphatic rings. The molecule has 2 aromatic carbocycles. The van der Waals surface area contributed by atoms with Gasteiger partial charge in [-0.25, -0.2) is 0 Å². The van der Waals surface area contributed by atoms with E-state index in [1.807, 2.05) is 20.8 Å². The fraction of sp³-hybridized carbons (Fsp3) is 0.533. The van der Waals surface area contributed by atoms with Crippen molar-refractivity contribution in [2.24, 2.45) is 5.92 Å². The molecule has 2 aromatic rings. The fourth-order valence-electron chi connectivity index (χ4n) is 3.01. The van der Waals surface area contributed by atoms with Crippen LogP contribution in [-0.4, -0.2) is 11.8 Å². The Hall–Kier alpha value is -2.62. The van der Waals surface area contributed by atoms with Gasteiger partial charge in [0.2, 0.25) is 11.8 Å². The zero-order chi connectivity index (χ0) is 26.1. The molecule has 0 unspecified atom stereocenters. The lowest BCUT2D eigenvalue weighted by Gasteiger charge is -2.09. The molecule has 190 valence electrons. The summed E-state index contributed by atoms with van der Waals surface area (Å²) in [6.07, 6.45) is 1.15. The Morgan fingerprint density at radius 3 is 1.29 bits per heavy atom. The summed E-state index contributed by atoms with van der Waals surface area (Å²) >= 11 is 0. The number of nitrogens with one attached hydrogen (secondary N) is 2. The van der Waals surface area contributed by atoms with Gasteiger partial charge in [-0.15, -0.1) is 0 Å². The zero-order valence-corrected chi connectivity index (χ0v) is 23.0. The molecular formula is C30H48N2O2. The van der Waals surface area contributed by atoms with Crippen LogP contribution in [0.3, 0.4) is 0 Å². The SMILES string of the molecule is CC.CC(C)CC(=O)NCc1ccc(C(C)C)cc1.CCC(=O)NCc1ccc(C(C)C)cc1. The number of carbonyl (C=O) groups excluding carboxylic acids is 2. The molecule has 0 radical (unpaired) electrons. The molecule has 4 heteroatoms. The lowest BCUT2D eigenvalue weighted by molar-refractivity contribution is -0.122. The first-order valence-electron chi connectivity index (χ1n) is 12.8. The molecule has 34 heavy (non-hydrogen) atoms. The van der Waals surface area contributed by atoms with Gasteiger partial charge in [0.1, 0.15) is 0 Å². The molecule has 2 rings (SSSR count). The smallest absolute Gasteiger partial charge is 0.220 e. The van der Waals surface area contributed by atoms with Crippen molar-refractivity contribution in [3.8, 4) is 0 Å². The second-order valence-corrected chi connectivity index (χ2v) is 9.30. The monoisotopic (exact) mass is 468 g/mol. The van der Waals surface area contributed by atoms with Crippen LogP contribution in [0.4, 0.5) is 0 Å². The average molecular weight is 469 g/mol. The number of amides is 2. The van der Waals surface area contributed by atoms with Crippen LogP contribution >= 0.6 is 0 Å². The summed E-state index contributed by atoms with van der Waals surface area (Å²) in [6.45, 7) is 19.9. The topological polar surface area (TPSA) is 58.2 Å². The average Bonchev–Trinajstić information content (AvgIpc) is 2.83. The summed E-state index contributed by atoms with van der Waals surface area (Å²) in [5, 5.41) is 5.80. The minimum Gasteiger partial charge on any atom is -0.352 e. The van der Waals surface area contributed by atoms with E-state index in [0.717, 1.165) is 11.1 Å². The Morgan fingerprint density at radius 2 is 1.00 bits per heavy atom. The molecule has 0 aromatic heterocycles. The Bertz CT molecular complexity index is 807. The minimum absolute atomic E-state index is 0.0999. The highest BCUT2D eigenvalue weighted by Crippen LogP contribution is 2.15. The third-order valence-electron chi connectivity index (χ3n) is 5.19. The van der Waals surface area contributed by atoms with Gasteiger partial charge < -0.3 is 10.6 Å². The molecule has 0 aliphatic carbocycles. The molecule has 0 aliphatic heterocycles. The largest absolute Gasteiger partial charge is 0.352 e. The van der Waals surface area contributed by atoms with Gasteiger partial charge >= 0.3 is 0 Å². The van der Waals surface area contributed by atoms with Crippen molar-refractivity contribution in [1.82, 2.24) is 10.6 Å². The first kappa shape index (κ1) is 31.4. The van der Waals surface area contributed by atoms with Gasteiger partial charge in [0.05, 0.1) is 0 Å². The van der Waals surface area contributed by atoms with Crippen molar-refractivity contribution >= 4 is 11.8 Å². The van der Waals surface area contributed by atoms with E-state index in [1.54, 1.807) is 0 Å². The number of carbonyl (C=O) groups is 2. The Balaban J connectivity index is 0.000000601. The van der Waals surface area contributed by atoms with Gasteiger partial charge in [0.25, 0.3) is 0 Å². The van der Waals surface area contributed by atoms with E-state index >= 15 is 0 Å². The van der Waals surface area contributed by atoms with Crippen molar-refractivity contribution < 1.29 is 9.59 Å². The highest BCUT2D eigenvalue weighted by atomic mass is 16.2. The molecule has 4 nitrogen and oxygen atoms in total. The third-order valence-corrected chi connectivity index (χ3v) is 5.19. The van der Waals surface area contributed by atoms with Crippen LogP contribution in [0.25, 0.3) is 0 Å². The Labute approximate surface area is 208 Å². The third kappa shape index (κ3) is 13.8. The first-order chi connectivity index (χ1) is 16.1. The summed E-state index contributed by atoms with van der Waals surface area (Å²) in [4.78, 5) is 22.5. The summed E-state index contributed by atoms with van der Waals surface area (Å²) in [6, 6.07) is 16.8. The number of hydrogen-bond donors (Lipinski definition) is 2. The highest BCUT2D eigenvalue weighted by Gasteiger charge is 2.05. The molecule has 0 bridgehead atoms. The van der Waals surface area contributed by atoms with Crippen LogP contribution in [0.1, 0.15) is 109 Å². The molecule has 0 saturated carbocycles. The van der Waals surface area contributed by atoms with Gasteiger partial charge in [-0.2, -0.15) is 0 Å². The Kier molecular flexibility index (Phi) is 16.4. The molecular weight excluding hydrogens is 420 g/mol. The van der Waals surface area contributed by atoms with Gasteiger partial charge in [0, 0.05) is 25.9 Å². The van der Waals surface area contributed by atoms with Crippen LogP contribution in [-0.2, 0) is 22.7 Å². The van der Waals surface area contributed by atoms with Crippen LogP contribution in [0.5, 0.6) is 0 Å². The lowest BCUT2D eigenvalue weighted by Crippen LogP contribution is -2.23. The molecule has 2 N–H and O–H groups in total. The molecule has 0 fully saturated rings. The van der Waals surface area contributed by atoms with Crippen LogP contribution in [0, 0.1) is 5.92 Å². The van der Waals surface area contributed by atoms with Crippen molar-refractivity contribution in [3.63, 3.8) is 0 Å². The van der Waals surface area contributed by atoms with Gasteiger partial charge in [-0.1, -0.05) is 111 Å². The normalized spacial score (nSPS) is 10.2. The zero-order valence-electron chi connectivity index (χ0n) is 23.0. The van der Waals surface area contributed by atoms with E-state index in [4.69, 9.17) is 0 Å². The predicted octanol–water partition coefficient (Wildman–Crippen LogP) is 7.33. The van der Waals surface area contributed by atoms with Crippen molar-refractivity contribution in [1.29, 1.82) is 0 Å². The molecule has 0 saturated heterocycles. The Morgan fingerprint density at radius 1 is 0.647 bits per heavy atom. The maximum Gasteiger partial charge on any atom is 0.220 e.